The zero-order valence-electron chi connectivity index (χ0n) is 18.4. The topological polar surface area (TPSA) is 61.8 Å². The summed E-state index contributed by atoms with van der Waals surface area (Å²) in [6.07, 6.45) is 0. The van der Waals surface area contributed by atoms with Crippen LogP contribution in [0.5, 0.6) is 0 Å². The second-order valence-corrected chi connectivity index (χ2v) is 8.94. The third kappa shape index (κ3) is 6.90. The molecule has 0 unspecified atom stereocenters. The number of rotatable bonds is 7. The maximum Gasteiger partial charge on any atom is 0.191 e. The second kappa shape index (κ2) is 12.0. The summed E-state index contributed by atoms with van der Waals surface area (Å²) in [7, 11) is 0. The molecule has 6 nitrogen and oxygen atoms in total. The standard InChI is InChI=1S/C22H33N5OS.HI/c1-5-23-21(25-16-22(3,4)27-11-13-28-14-12-27)24-15-19-17(2)26-20(29-19)18-9-7-6-8-10-18;/h6-10H,5,11-16H2,1-4H3,(H2,23,24,25);1H. The number of ether oxygens (including phenoxy) is 1. The summed E-state index contributed by atoms with van der Waals surface area (Å²) in [5, 5.41) is 7.95. The van der Waals surface area contributed by atoms with Crippen LogP contribution >= 0.6 is 35.3 Å². The van der Waals surface area contributed by atoms with Crippen molar-refractivity contribution in [2.45, 2.75) is 39.8 Å². The van der Waals surface area contributed by atoms with Crippen molar-refractivity contribution >= 4 is 41.3 Å². The van der Waals surface area contributed by atoms with Gasteiger partial charge in [0.05, 0.1) is 25.5 Å². The molecule has 2 aromatic rings. The monoisotopic (exact) mass is 543 g/mol. The van der Waals surface area contributed by atoms with Gasteiger partial charge in [0.1, 0.15) is 5.01 Å². The fourth-order valence-corrected chi connectivity index (χ4v) is 4.34. The quantitative estimate of drug-likeness (QED) is 0.315. The Morgan fingerprint density at radius 2 is 1.90 bits per heavy atom. The SMILES string of the molecule is CCNC(=NCc1sc(-c2ccccc2)nc1C)NCC(C)(C)N1CCOCC1.I. The summed E-state index contributed by atoms with van der Waals surface area (Å²) < 4.78 is 5.49. The van der Waals surface area contributed by atoms with Gasteiger partial charge < -0.3 is 15.4 Å². The minimum Gasteiger partial charge on any atom is -0.379 e. The van der Waals surface area contributed by atoms with Crippen molar-refractivity contribution in [2.75, 3.05) is 39.4 Å². The predicted molar refractivity (Wildman–Crippen MR) is 137 cm³/mol. The first kappa shape index (κ1) is 25.0. The van der Waals surface area contributed by atoms with Gasteiger partial charge in [-0.05, 0) is 27.7 Å². The molecule has 0 atom stereocenters. The van der Waals surface area contributed by atoms with E-state index in [0.717, 1.165) is 61.6 Å². The van der Waals surface area contributed by atoms with E-state index in [1.807, 2.05) is 18.2 Å². The van der Waals surface area contributed by atoms with Crippen LogP contribution in [0, 0.1) is 6.92 Å². The number of aryl methyl sites for hydroxylation is 1. The molecule has 1 saturated heterocycles. The number of morpholine rings is 1. The lowest BCUT2D eigenvalue weighted by Crippen LogP contribution is -2.56. The van der Waals surface area contributed by atoms with Gasteiger partial charge in [-0.15, -0.1) is 35.3 Å². The molecular formula is C22H34IN5OS. The number of nitrogens with one attached hydrogen (secondary N) is 2. The summed E-state index contributed by atoms with van der Waals surface area (Å²) in [5.41, 5.74) is 2.26. The Morgan fingerprint density at radius 3 is 2.57 bits per heavy atom. The number of benzene rings is 1. The minimum absolute atomic E-state index is 0. The van der Waals surface area contributed by atoms with Crippen LogP contribution in [0.4, 0.5) is 0 Å². The average Bonchev–Trinajstić information content (AvgIpc) is 3.12. The van der Waals surface area contributed by atoms with Crippen LogP contribution in [0.3, 0.4) is 0 Å². The molecule has 0 spiro atoms. The summed E-state index contributed by atoms with van der Waals surface area (Å²) in [6.45, 7) is 14.6. The molecule has 2 N–H and O–H groups in total. The molecule has 3 rings (SSSR count). The second-order valence-electron chi connectivity index (χ2n) is 7.85. The molecule has 1 aromatic heterocycles. The maximum absolute atomic E-state index is 5.49. The van der Waals surface area contributed by atoms with Gasteiger partial charge in [0.2, 0.25) is 0 Å². The lowest BCUT2D eigenvalue weighted by atomic mass is 10.0. The van der Waals surface area contributed by atoms with E-state index >= 15 is 0 Å². The number of halogens is 1. The zero-order chi connectivity index (χ0) is 20.7. The largest absolute Gasteiger partial charge is 0.379 e. The number of hydrogen-bond donors (Lipinski definition) is 2. The highest BCUT2D eigenvalue weighted by atomic mass is 127. The summed E-state index contributed by atoms with van der Waals surface area (Å²) in [5.74, 6) is 0.850. The van der Waals surface area contributed by atoms with Crippen molar-refractivity contribution in [1.82, 2.24) is 20.5 Å². The highest BCUT2D eigenvalue weighted by molar-refractivity contribution is 14.0. The number of nitrogens with zero attached hydrogens (tertiary/aromatic N) is 3. The highest BCUT2D eigenvalue weighted by Crippen LogP contribution is 2.28. The van der Waals surface area contributed by atoms with E-state index in [2.05, 4.69) is 55.4 Å². The van der Waals surface area contributed by atoms with Crippen LogP contribution in [0.2, 0.25) is 0 Å². The van der Waals surface area contributed by atoms with Gasteiger partial charge in [0.15, 0.2) is 5.96 Å². The first-order chi connectivity index (χ1) is 14.0. The van der Waals surface area contributed by atoms with Crippen molar-refractivity contribution in [3.05, 3.63) is 40.9 Å². The Morgan fingerprint density at radius 1 is 1.20 bits per heavy atom. The molecule has 1 aromatic carbocycles. The molecule has 1 fully saturated rings. The Labute approximate surface area is 201 Å². The van der Waals surface area contributed by atoms with E-state index < -0.39 is 0 Å². The molecule has 0 radical (unpaired) electrons. The molecule has 0 saturated carbocycles. The van der Waals surface area contributed by atoms with Gasteiger partial charge in [-0.25, -0.2) is 9.98 Å². The fourth-order valence-electron chi connectivity index (χ4n) is 3.35. The van der Waals surface area contributed by atoms with Crippen molar-refractivity contribution in [1.29, 1.82) is 0 Å². The van der Waals surface area contributed by atoms with E-state index in [1.54, 1.807) is 11.3 Å². The molecule has 2 heterocycles. The fraction of sp³-hybridized carbons (Fsp3) is 0.545. The molecule has 30 heavy (non-hydrogen) atoms. The molecule has 1 aliphatic rings. The normalized spacial score (nSPS) is 15.5. The Bertz CT molecular complexity index is 803. The molecular weight excluding hydrogens is 509 g/mol. The molecule has 0 amide bonds. The lowest BCUT2D eigenvalue weighted by molar-refractivity contribution is -0.00834. The third-order valence-electron chi connectivity index (χ3n) is 5.19. The number of thiazole rings is 1. The van der Waals surface area contributed by atoms with E-state index in [9.17, 15) is 0 Å². The molecule has 166 valence electrons. The predicted octanol–water partition coefficient (Wildman–Crippen LogP) is 3.90. The van der Waals surface area contributed by atoms with Crippen molar-refractivity contribution in [3.8, 4) is 10.6 Å². The highest BCUT2D eigenvalue weighted by Gasteiger charge is 2.28. The lowest BCUT2D eigenvalue weighted by Gasteiger charge is -2.41. The minimum atomic E-state index is 0. The maximum atomic E-state index is 5.49. The number of hydrogen-bond acceptors (Lipinski definition) is 5. The third-order valence-corrected chi connectivity index (χ3v) is 6.39. The Kier molecular flexibility index (Phi) is 9.99. The van der Waals surface area contributed by atoms with E-state index in [0.29, 0.717) is 6.54 Å². The first-order valence-corrected chi connectivity index (χ1v) is 11.2. The summed E-state index contributed by atoms with van der Waals surface area (Å²) in [4.78, 5) is 13.2. The van der Waals surface area contributed by atoms with Gasteiger partial charge in [-0.1, -0.05) is 30.3 Å². The van der Waals surface area contributed by atoms with Crippen molar-refractivity contribution < 1.29 is 4.74 Å². The molecule has 1 aliphatic heterocycles. The van der Waals surface area contributed by atoms with Gasteiger partial charge in [0.25, 0.3) is 0 Å². The smallest absolute Gasteiger partial charge is 0.191 e. The molecule has 0 aliphatic carbocycles. The van der Waals surface area contributed by atoms with Crippen LogP contribution in [0.1, 0.15) is 31.3 Å². The first-order valence-electron chi connectivity index (χ1n) is 10.4. The summed E-state index contributed by atoms with van der Waals surface area (Å²) >= 11 is 1.72. The number of guanidine groups is 1. The van der Waals surface area contributed by atoms with Gasteiger partial charge in [-0.3, -0.25) is 4.90 Å². The van der Waals surface area contributed by atoms with Crippen LogP contribution in [-0.4, -0.2) is 60.8 Å². The average molecular weight is 544 g/mol. The van der Waals surface area contributed by atoms with E-state index in [4.69, 9.17) is 14.7 Å². The van der Waals surface area contributed by atoms with Crippen molar-refractivity contribution in [3.63, 3.8) is 0 Å². The van der Waals surface area contributed by atoms with Crippen LogP contribution in [0.15, 0.2) is 35.3 Å². The van der Waals surface area contributed by atoms with E-state index in [-0.39, 0.29) is 29.5 Å². The molecule has 0 bridgehead atoms. The van der Waals surface area contributed by atoms with Crippen LogP contribution in [0.25, 0.3) is 10.6 Å². The van der Waals surface area contributed by atoms with Gasteiger partial charge in [0, 0.05) is 42.2 Å². The zero-order valence-corrected chi connectivity index (χ0v) is 21.5. The number of aromatic nitrogens is 1. The Balaban J connectivity index is 0.00000320. The van der Waals surface area contributed by atoms with Crippen LogP contribution in [-0.2, 0) is 11.3 Å². The van der Waals surface area contributed by atoms with Gasteiger partial charge >= 0.3 is 0 Å². The van der Waals surface area contributed by atoms with E-state index in [1.165, 1.54) is 4.88 Å². The van der Waals surface area contributed by atoms with Crippen molar-refractivity contribution in [2.24, 2.45) is 4.99 Å². The number of aliphatic imine (C=N–C) groups is 1. The summed E-state index contributed by atoms with van der Waals surface area (Å²) in [6, 6.07) is 10.3. The molecule has 8 heteroatoms. The Hall–Kier alpha value is -1.23. The van der Waals surface area contributed by atoms with Crippen LogP contribution < -0.4 is 10.6 Å². The van der Waals surface area contributed by atoms with Gasteiger partial charge in [-0.2, -0.15) is 0 Å².